The molecule has 0 radical (unpaired) electrons. The van der Waals surface area contributed by atoms with Gasteiger partial charge in [-0.05, 0) is 19.8 Å². The quantitative estimate of drug-likeness (QED) is 0.254. The van der Waals surface area contributed by atoms with E-state index in [2.05, 4.69) is 0 Å². The number of hydrogen-bond donors (Lipinski definition) is 8. The Bertz CT molecular complexity index is 301. The van der Waals surface area contributed by atoms with Gasteiger partial charge in [0, 0.05) is 6.04 Å². The highest BCUT2D eigenvalue weighted by atomic mass is 16.4. The first-order valence-electron chi connectivity index (χ1n) is 6.98. The second-order valence-electron chi connectivity index (χ2n) is 5.30. The van der Waals surface area contributed by atoms with E-state index in [1.807, 2.05) is 13.8 Å². The zero-order chi connectivity index (χ0) is 19.3. The van der Waals surface area contributed by atoms with Gasteiger partial charge in [-0.3, -0.25) is 9.59 Å². The summed E-state index contributed by atoms with van der Waals surface area (Å²) in [6, 6.07) is -2.36. The molecule has 0 spiro atoms. The fourth-order valence-corrected chi connectivity index (χ4v) is 0.623. The maximum atomic E-state index is 9.86. The third kappa shape index (κ3) is 16.9. The first-order valence-corrected chi connectivity index (χ1v) is 6.98. The van der Waals surface area contributed by atoms with Crippen LogP contribution in [-0.2, 0) is 9.59 Å². The van der Waals surface area contributed by atoms with Crippen molar-refractivity contribution in [2.24, 2.45) is 23.1 Å². The van der Waals surface area contributed by atoms with Gasteiger partial charge in [-0.15, -0.1) is 0 Å². The van der Waals surface area contributed by atoms with E-state index in [1.54, 1.807) is 0 Å². The molecule has 11 N–H and O–H groups in total. The summed E-state index contributed by atoms with van der Waals surface area (Å²) in [5.74, 6) is -1.97. The number of carboxylic acid groups (broad SMARTS) is 2. The fraction of sp³-hybridized carbons (Fsp3) is 0.846. The third-order valence-electron chi connectivity index (χ3n) is 2.68. The normalized spacial score (nSPS) is 16.7. The minimum Gasteiger partial charge on any atom is -0.480 e. The molecule has 0 unspecified atom stereocenters. The molecule has 0 aliphatic rings. The van der Waals surface area contributed by atoms with E-state index in [9.17, 15) is 9.59 Å². The molecule has 0 heterocycles. The minimum absolute atomic E-state index is 0.0417. The van der Waals surface area contributed by atoms with Gasteiger partial charge in [-0.2, -0.15) is 0 Å². The number of carbonyl (C=O) groups is 2. The smallest absolute Gasteiger partial charge is 0.323 e. The second-order valence-corrected chi connectivity index (χ2v) is 5.30. The Kier molecular flexibility index (Phi) is 16.5. The highest BCUT2D eigenvalue weighted by Gasteiger charge is 2.16. The summed E-state index contributed by atoms with van der Waals surface area (Å²) in [6.45, 7) is 6.73. The predicted molar refractivity (Wildman–Crippen MR) is 84.5 cm³/mol. The molecule has 0 saturated heterocycles. The lowest BCUT2D eigenvalue weighted by atomic mass is 10.1. The molecule has 10 heteroatoms. The van der Waals surface area contributed by atoms with Gasteiger partial charge in [0.05, 0.1) is 18.8 Å². The Hall–Kier alpha value is -1.30. The van der Waals surface area contributed by atoms with Gasteiger partial charge in [-0.1, -0.05) is 13.8 Å². The molecule has 140 valence electrons. The SMILES string of the molecule is CC(C)[C@H](N)CO.C[C@@H](O)[C@H](N)C(=O)O.C[C@H](O)[C@@H](N)C(=O)O. The minimum atomic E-state index is -1.18. The van der Waals surface area contributed by atoms with E-state index >= 15 is 0 Å². The van der Waals surface area contributed by atoms with Crippen LogP contribution in [0.1, 0.15) is 27.7 Å². The summed E-state index contributed by atoms with van der Waals surface area (Å²) in [5, 5.41) is 41.5. The van der Waals surface area contributed by atoms with E-state index in [0.717, 1.165) is 0 Å². The predicted octanol–water partition coefficient (Wildman–Crippen LogP) is -2.48. The van der Waals surface area contributed by atoms with Crippen molar-refractivity contribution >= 4 is 11.9 Å². The molecule has 5 atom stereocenters. The van der Waals surface area contributed by atoms with Crippen molar-refractivity contribution in [1.82, 2.24) is 0 Å². The largest absolute Gasteiger partial charge is 0.480 e. The van der Waals surface area contributed by atoms with Crippen LogP contribution < -0.4 is 17.2 Å². The molecule has 0 amide bonds. The van der Waals surface area contributed by atoms with Crippen molar-refractivity contribution in [1.29, 1.82) is 0 Å². The van der Waals surface area contributed by atoms with Gasteiger partial charge < -0.3 is 42.7 Å². The van der Waals surface area contributed by atoms with Crippen molar-refractivity contribution in [3.63, 3.8) is 0 Å². The van der Waals surface area contributed by atoms with E-state index in [-0.39, 0.29) is 12.6 Å². The zero-order valence-electron chi connectivity index (χ0n) is 14.0. The Morgan fingerprint density at radius 1 is 0.826 bits per heavy atom. The van der Waals surface area contributed by atoms with Crippen LogP contribution in [0.5, 0.6) is 0 Å². The van der Waals surface area contributed by atoms with Crippen LogP contribution in [0.3, 0.4) is 0 Å². The molecule has 23 heavy (non-hydrogen) atoms. The maximum Gasteiger partial charge on any atom is 0.323 e. The van der Waals surface area contributed by atoms with E-state index in [1.165, 1.54) is 13.8 Å². The summed E-state index contributed by atoms with van der Waals surface area (Å²) in [7, 11) is 0. The Morgan fingerprint density at radius 2 is 1.09 bits per heavy atom. The molecule has 0 aromatic rings. The van der Waals surface area contributed by atoms with Gasteiger partial charge in [0.25, 0.3) is 0 Å². The molecule has 0 aliphatic carbocycles. The van der Waals surface area contributed by atoms with Crippen molar-refractivity contribution in [2.45, 2.75) is 58.0 Å². The number of carboxylic acids is 2. The Labute approximate surface area is 135 Å². The van der Waals surface area contributed by atoms with Crippen LogP contribution in [-0.4, -0.2) is 74.4 Å². The summed E-state index contributed by atoms with van der Waals surface area (Å²) < 4.78 is 0. The molecule has 0 fully saturated rings. The van der Waals surface area contributed by atoms with Crippen LogP contribution in [0.4, 0.5) is 0 Å². The standard InChI is InChI=1S/C5H13NO.2C4H9NO3/c1-4(2)5(6)3-7;2*1-2(6)3(5)4(7)8/h4-5,7H,3,6H2,1-2H3;2*2-3,6H,5H2,1H3,(H,7,8)/t5-;2*2-,3+/m110/s1. The fourth-order valence-electron chi connectivity index (χ4n) is 0.623. The maximum absolute atomic E-state index is 9.86. The van der Waals surface area contributed by atoms with Crippen LogP contribution >= 0.6 is 0 Å². The number of nitrogens with two attached hydrogens (primary N) is 3. The van der Waals surface area contributed by atoms with Gasteiger partial charge in [0.1, 0.15) is 12.1 Å². The van der Waals surface area contributed by atoms with Gasteiger partial charge in [0.2, 0.25) is 0 Å². The summed E-state index contributed by atoms with van der Waals surface area (Å²) in [4.78, 5) is 19.7. The van der Waals surface area contributed by atoms with Crippen LogP contribution in [0.2, 0.25) is 0 Å². The number of aliphatic hydroxyl groups excluding tert-OH is 3. The number of aliphatic hydroxyl groups is 3. The lowest BCUT2D eigenvalue weighted by Gasteiger charge is -2.10. The second kappa shape index (κ2) is 14.3. The van der Waals surface area contributed by atoms with Gasteiger partial charge in [-0.25, -0.2) is 0 Å². The summed E-state index contributed by atoms with van der Waals surface area (Å²) in [5.41, 5.74) is 15.2. The van der Waals surface area contributed by atoms with E-state index < -0.39 is 36.2 Å². The van der Waals surface area contributed by atoms with Crippen LogP contribution in [0.15, 0.2) is 0 Å². The molecule has 0 saturated carbocycles. The molecular formula is C13H31N3O7. The van der Waals surface area contributed by atoms with E-state index in [4.69, 9.17) is 42.7 Å². The summed E-state index contributed by atoms with van der Waals surface area (Å²) in [6.07, 6.45) is -1.96. The van der Waals surface area contributed by atoms with Crippen molar-refractivity contribution < 1.29 is 35.1 Å². The molecule has 0 aliphatic heterocycles. The highest BCUT2D eigenvalue weighted by molar-refractivity contribution is 5.74. The topological polar surface area (TPSA) is 213 Å². The summed E-state index contributed by atoms with van der Waals surface area (Å²) >= 11 is 0. The first kappa shape index (κ1) is 26.6. The Balaban J connectivity index is -0.000000262. The number of rotatable bonds is 6. The average molecular weight is 341 g/mol. The monoisotopic (exact) mass is 341 g/mol. The van der Waals surface area contributed by atoms with Crippen molar-refractivity contribution in [3.05, 3.63) is 0 Å². The molecule has 0 aromatic carbocycles. The van der Waals surface area contributed by atoms with Gasteiger partial charge >= 0.3 is 11.9 Å². The molecule has 10 nitrogen and oxygen atoms in total. The number of hydrogen-bond acceptors (Lipinski definition) is 8. The third-order valence-corrected chi connectivity index (χ3v) is 2.68. The van der Waals surface area contributed by atoms with Gasteiger partial charge in [0.15, 0.2) is 0 Å². The molecule has 0 aromatic heterocycles. The zero-order valence-corrected chi connectivity index (χ0v) is 14.0. The van der Waals surface area contributed by atoms with Crippen LogP contribution in [0, 0.1) is 5.92 Å². The molecule has 0 bridgehead atoms. The number of aliphatic carboxylic acids is 2. The van der Waals surface area contributed by atoms with Crippen LogP contribution in [0.25, 0.3) is 0 Å². The van der Waals surface area contributed by atoms with Crippen molar-refractivity contribution in [2.75, 3.05) is 6.61 Å². The first-order chi connectivity index (χ1) is 10.3. The molecular weight excluding hydrogens is 310 g/mol. The highest BCUT2D eigenvalue weighted by Crippen LogP contribution is 1.94. The average Bonchev–Trinajstić information content (AvgIpc) is 2.45. The van der Waals surface area contributed by atoms with E-state index in [0.29, 0.717) is 5.92 Å². The Morgan fingerprint density at radius 3 is 1.09 bits per heavy atom. The van der Waals surface area contributed by atoms with Crippen molar-refractivity contribution in [3.8, 4) is 0 Å². The molecule has 0 rings (SSSR count). The lowest BCUT2D eigenvalue weighted by molar-refractivity contribution is -0.141. The lowest BCUT2D eigenvalue weighted by Crippen LogP contribution is -2.39.